The Balaban J connectivity index is 1.87. The third kappa shape index (κ3) is 4.35. The Morgan fingerprint density at radius 1 is 1.26 bits per heavy atom. The van der Waals surface area contributed by atoms with Gasteiger partial charge >= 0.3 is 0 Å². The molecule has 0 aliphatic heterocycles. The zero-order valence-electron chi connectivity index (χ0n) is 14.7. The number of halogens is 1. The first kappa shape index (κ1) is 19.1. The summed E-state index contributed by atoms with van der Waals surface area (Å²) in [6, 6.07) is 14.5. The first-order valence-corrected chi connectivity index (χ1v) is 9.28. The number of carbonyl (C=O) groups is 1. The van der Waals surface area contributed by atoms with Crippen molar-refractivity contribution in [3.8, 4) is 5.75 Å². The van der Waals surface area contributed by atoms with E-state index in [9.17, 15) is 4.79 Å². The van der Waals surface area contributed by atoms with Crippen LogP contribution in [0, 0.1) is 6.92 Å². The molecule has 0 radical (unpaired) electrons. The Bertz CT molecular complexity index is 948. The number of aryl methyl sites for hydroxylation is 1. The van der Waals surface area contributed by atoms with Gasteiger partial charge in [0.25, 0.3) is 0 Å². The average molecular weight is 404 g/mol. The Morgan fingerprint density at radius 2 is 2.00 bits per heavy atom. The summed E-state index contributed by atoms with van der Waals surface area (Å²) in [5.74, 6) is 6.81. The van der Waals surface area contributed by atoms with E-state index >= 15 is 0 Å². The number of rotatable bonds is 6. The fourth-order valence-electron chi connectivity index (χ4n) is 2.39. The van der Waals surface area contributed by atoms with Crippen LogP contribution in [0.25, 0.3) is 0 Å². The topological polar surface area (TPSA) is 95.1 Å². The number of ether oxygens (including phenoxy) is 1. The van der Waals surface area contributed by atoms with Gasteiger partial charge in [-0.1, -0.05) is 53.7 Å². The molecule has 0 aliphatic rings. The Labute approximate surface area is 165 Å². The number of nitrogens with two attached hydrogens (primary N) is 1. The van der Waals surface area contributed by atoms with Crippen LogP contribution in [0.5, 0.6) is 5.75 Å². The highest BCUT2D eigenvalue weighted by Crippen LogP contribution is 2.35. The molecule has 9 heteroatoms. The number of thioether (sulfide) groups is 1. The molecule has 0 fully saturated rings. The predicted molar refractivity (Wildman–Crippen MR) is 107 cm³/mol. The van der Waals surface area contributed by atoms with Gasteiger partial charge in [-0.3, -0.25) is 4.79 Å². The highest BCUT2D eigenvalue weighted by Gasteiger charge is 2.25. The average Bonchev–Trinajstić information content (AvgIpc) is 2.99. The van der Waals surface area contributed by atoms with Gasteiger partial charge in [0.15, 0.2) is 0 Å². The van der Waals surface area contributed by atoms with Crippen molar-refractivity contribution in [1.82, 2.24) is 14.9 Å². The second-order valence-corrected chi connectivity index (χ2v) is 7.13. The fourth-order valence-corrected chi connectivity index (χ4v) is 3.65. The van der Waals surface area contributed by atoms with Crippen molar-refractivity contribution in [1.29, 1.82) is 0 Å². The summed E-state index contributed by atoms with van der Waals surface area (Å²) in [5.41, 5.74) is 1.39. The minimum absolute atomic E-state index is 0.229. The van der Waals surface area contributed by atoms with Gasteiger partial charge in [0, 0.05) is 5.69 Å². The van der Waals surface area contributed by atoms with Crippen LogP contribution in [0.3, 0.4) is 0 Å². The number of benzene rings is 2. The van der Waals surface area contributed by atoms with E-state index in [-0.39, 0.29) is 5.91 Å². The lowest BCUT2D eigenvalue weighted by Gasteiger charge is -2.17. The monoisotopic (exact) mass is 403 g/mol. The standard InChI is InChI=1S/C18H18ClN5O2S/c1-11-22-23-18(24(11)20)27-16(12-6-4-3-5-7-12)17(25)21-13-8-9-15(26-2)14(19)10-13/h3-10,16H,20H2,1-2H3,(H,21,25)/t16-/m0/s1. The number of nitrogens with one attached hydrogen (secondary N) is 1. The largest absolute Gasteiger partial charge is 0.495 e. The van der Waals surface area contributed by atoms with Crippen LogP contribution in [-0.4, -0.2) is 27.9 Å². The van der Waals surface area contributed by atoms with E-state index in [1.54, 1.807) is 25.1 Å². The quantitative estimate of drug-likeness (QED) is 0.483. The van der Waals surface area contributed by atoms with Crippen LogP contribution in [-0.2, 0) is 4.79 Å². The molecule has 0 unspecified atom stereocenters. The fraction of sp³-hybridized carbons (Fsp3) is 0.167. The zero-order chi connectivity index (χ0) is 19.4. The summed E-state index contributed by atoms with van der Waals surface area (Å²) in [7, 11) is 1.53. The number of hydrogen-bond acceptors (Lipinski definition) is 6. The summed E-state index contributed by atoms with van der Waals surface area (Å²) in [5, 5.41) is 11.2. The zero-order valence-corrected chi connectivity index (χ0v) is 16.3. The molecule has 0 spiro atoms. The number of anilines is 1. The normalized spacial score (nSPS) is 11.8. The molecule has 1 aromatic heterocycles. The summed E-state index contributed by atoms with van der Waals surface area (Å²) in [6.07, 6.45) is 0. The van der Waals surface area contributed by atoms with Crippen LogP contribution in [0.15, 0.2) is 53.7 Å². The van der Waals surface area contributed by atoms with E-state index in [1.165, 1.54) is 23.5 Å². The summed E-state index contributed by atoms with van der Waals surface area (Å²) in [4.78, 5) is 13.0. The van der Waals surface area contributed by atoms with Gasteiger partial charge < -0.3 is 15.9 Å². The molecular formula is C18H18ClN5O2S. The summed E-state index contributed by atoms with van der Waals surface area (Å²) < 4.78 is 6.49. The lowest BCUT2D eigenvalue weighted by atomic mass is 10.1. The maximum atomic E-state index is 13.0. The van der Waals surface area contributed by atoms with Gasteiger partial charge in [-0.15, -0.1) is 10.2 Å². The lowest BCUT2D eigenvalue weighted by molar-refractivity contribution is -0.115. The number of methoxy groups -OCH3 is 1. The van der Waals surface area contributed by atoms with Crippen molar-refractivity contribution < 1.29 is 9.53 Å². The highest BCUT2D eigenvalue weighted by atomic mass is 35.5. The Morgan fingerprint density at radius 3 is 2.59 bits per heavy atom. The number of carbonyl (C=O) groups excluding carboxylic acids is 1. The first-order valence-electron chi connectivity index (χ1n) is 8.02. The van der Waals surface area contributed by atoms with E-state index < -0.39 is 5.25 Å². The van der Waals surface area contributed by atoms with E-state index in [1.807, 2.05) is 30.3 Å². The molecule has 140 valence electrons. The molecule has 0 saturated carbocycles. The minimum Gasteiger partial charge on any atom is -0.495 e. The second kappa shape index (κ2) is 8.32. The molecule has 3 aromatic rings. The van der Waals surface area contributed by atoms with E-state index in [2.05, 4.69) is 15.5 Å². The van der Waals surface area contributed by atoms with Crippen molar-refractivity contribution >= 4 is 35.0 Å². The van der Waals surface area contributed by atoms with E-state index in [0.29, 0.717) is 27.4 Å². The van der Waals surface area contributed by atoms with E-state index in [4.69, 9.17) is 22.2 Å². The van der Waals surface area contributed by atoms with Gasteiger partial charge in [-0.2, -0.15) is 0 Å². The van der Waals surface area contributed by atoms with Gasteiger partial charge in [0.1, 0.15) is 16.8 Å². The van der Waals surface area contributed by atoms with Gasteiger partial charge in [-0.05, 0) is 30.7 Å². The maximum absolute atomic E-state index is 13.0. The molecule has 0 saturated heterocycles. The van der Waals surface area contributed by atoms with Crippen LogP contribution in [0.4, 0.5) is 5.69 Å². The van der Waals surface area contributed by atoms with E-state index in [0.717, 1.165) is 5.56 Å². The van der Waals surface area contributed by atoms with Crippen molar-refractivity contribution in [2.24, 2.45) is 0 Å². The van der Waals surface area contributed by atoms with Crippen LogP contribution in [0.1, 0.15) is 16.6 Å². The Hall–Kier alpha value is -2.71. The summed E-state index contributed by atoms with van der Waals surface area (Å²) in [6.45, 7) is 1.74. The molecular weight excluding hydrogens is 386 g/mol. The smallest absolute Gasteiger partial charge is 0.242 e. The van der Waals surface area contributed by atoms with Crippen LogP contribution >= 0.6 is 23.4 Å². The van der Waals surface area contributed by atoms with Gasteiger partial charge in [0.2, 0.25) is 11.1 Å². The SMILES string of the molecule is COc1ccc(NC(=O)[C@@H](Sc2nnc(C)n2N)c2ccccc2)cc1Cl. The van der Waals surface area contributed by atoms with Crippen molar-refractivity contribution in [3.05, 3.63) is 64.9 Å². The molecule has 3 rings (SSSR count). The first-order chi connectivity index (χ1) is 13.0. The summed E-state index contributed by atoms with van der Waals surface area (Å²) >= 11 is 7.37. The van der Waals surface area contributed by atoms with Gasteiger partial charge in [0.05, 0.1) is 12.1 Å². The number of nitrogen functional groups attached to an aromatic ring is 1. The maximum Gasteiger partial charge on any atom is 0.242 e. The minimum atomic E-state index is -0.571. The van der Waals surface area contributed by atoms with Gasteiger partial charge in [-0.25, -0.2) is 4.68 Å². The molecule has 1 atom stereocenters. The number of aromatic nitrogens is 3. The molecule has 0 bridgehead atoms. The molecule has 3 N–H and O–H groups in total. The molecule has 7 nitrogen and oxygen atoms in total. The second-order valence-electron chi connectivity index (χ2n) is 5.65. The van der Waals surface area contributed by atoms with Crippen LogP contribution in [0.2, 0.25) is 5.02 Å². The highest BCUT2D eigenvalue weighted by molar-refractivity contribution is 8.00. The van der Waals surface area contributed by atoms with Crippen LogP contribution < -0.4 is 15.9 Å². The van der Waals surface area contributed by atoms with Crippen molar-refractivity contribution in [2.45, 2.75) is 17.3 Å². The molecule has 1 heterocycles. The number of nitrogens with zero attached hydrogens (tertiary/aromatic N) is 3. The predicted octanol–water partition coefficient (Wildman–Crippen LogP) is 3.43. The van der Waals surface area contributed by atoms with Crippen molar-refractivity contribution in [3.63, 3.8) is 0 Å². The molecule has 27 heavy (non-hydrogen) atoms. The Kier molecular flexibility index (Phi) is 5.88. The molecule has 2 aromatic carbocycles. The molecule has 0 aliphatic carbocycles. The van der Waals surface area contributed by atoms with Crippen molar-refractivity contribution in [2.75, 3.05) is 18.3 Å². The molecule has 1 amide bonds. The number of hydrogen-bond donors (Lipinski definition) is 2. The number of amides is 1. The third-order valence-electron chi connectivity index (χ3n) is 3.82. The third-order valence-corrected chi connectivity index (χ3v) is 5.32. The lowest BCUT2D eigenvalue weighted by Crippen LogP contribution is -2.20.